The lowest BCUT2D eigenvalue weighted by Crippen LogP contribution is -2.24. The summed E-state index contributed by atoms with van der Waals surface area (Å²) in [7, 11) is 0. The molecule has 0 aliphatic rings. The predicted octanol–water partition coefficient (Wildman–Crippen LogP) is 4.46. The van der Waals surface area contributed by atoms with Crippen LogP contribution >= 0.6 is 23.2 Å². The second kappa shape index (κ2) is 7.96. The Balaban J connectivity index is 1.68. The van der Waals surface area contributed by atoms with E-state index in [1.54, 1.807) is 24.3 Å². The Morgan fingerprint density at radius 3 is 2.68 bits per heavy atom. The van der Waals surface area contributed by atoms with E-state index in [1.165, 1.54) is 6.20 Å². The first-order valence-corrected chi connectivity index (χ1v) is 8.24. The van der Waals surface area contributed by atoms with Crippen LogP contribution in [0.3, 0.4) is 0 Å². The Kier molecular flexibility index (Phi) is 5.48. The van der Waals surface area contributed by atoms with Crippen molar-refractivity contribution in [1.82, 2.24) is 15.3 Å². The van der Waals surface area contributed by atoms with Crippen LogP contribution in [0.25, 0.3) is 0 Å². The van der Waals surface area contributed by atoms with E-state index in [0.29, 0.717) is 22.5 Å². The average molecular weight is 373 g/mol. The lowest BCUT2D eigenvalue weighted by Gasteiger charge is -2.08. The molecule has 0 radical (unpaired) electrons. The predicted molar refractivity (Wildman–Crippen MR) is 99.4 cm³/mol. The van der Waals surface area contributed by atoms with Crippen molar-refractivity contribution in [2.75, 3.05) is 5.32 Å². The molecule has 0 saturated heterocycles. The van der Waals surface area contributed by atoms with Crippen molar-refractivity contribution in [1.29, 1.82) is 0 Å². The number of anilines is 2. The molecule has 126 valence electrons. The molecule has 0 spiro atoms. The first kappa shape index (κ1) is 17.2. The number of carbonyl (C=O) groups is 1. The third-order valence-electron chi connectivity index (χ3n) is 3.37. The summed E-state index contributed by atoms with van der Waals surface area (Å²) in [5, 5.41) is 7.01. The van der Waals surface area contributed by atoms with E-state index < -0.39 is 0 Å². The minimum Gasteiger partial charge on any atom is -0.347 e. The molecule has 25 heavy (non-hydrogen) atoms. The van der Waals surface area contributed by atoms with E-state index in [4.69, 9.17) is 23.2 Å². The van der Waals surface area contributed by atoms with Gasteiger partial charge in [-0.25, -0.2) is 9.97 Å². The molecule has 1 amide bonds. The van der Waals surface area contributed by atoms with E-state index in [0.717, 1.165) is 11.3 Å². The van der Waals surface area contributed by atoms with E-state index in [-0.39, 0.29) is 11.6 Å². The average Bonchev–Trinajstić information content (AvgIpc) is 2.61. The highest BCUT2D eigenvalue weighted by Crippen LogP contribution is 2.18. The van der Waals surface area contributed by atoms with Crippen LogP contribution in [0.2, 0.25) is 10.0 Å². The zero-order chi connectivity index (χ0) is 17.6. The van der Waals surface area contributed by atoms with Gasteiger partial charge in [0.1, 0.15) is 5.69 Å². The summed E-state index contributed by atoms with van der Waals surface area (Å²) in [6.45, 7) is 0.319. The van der Waals surface area contributed by atoms with Crippen molar-refractivity contribution in [2.24, 2.45) is 0 Å². The van der Waals surface area contributed by atoms with Gasteiger partial charge in [-0.05, 0) is 35.9 Å². The summed E-state index contributed by atoms with van der Waals surface area (Å²) in [4.78, 5) is 20.6. The maximum atomic E-state index is 12.3. The fourth-order valence-electron chi connectivity index (χ4n) is 2.15. The van der Waals surface area contributed by atoms with Crippen LogP contribution in [0, 0.1) is 0 Å². The molecule has 2 aromatic carbocycles. The van der Waals surface area contributed by atoms with Crippen molar-refractivity contribution < 1.29 is 4.79 Å². The fourth-order valence-corrected chi connectivity index (χ4v) is 2.54. The highest BCUT2D eigenvalue weighted by atomic mass is 35.5. The first-order chi connectivity index (χ1) is 12.1. The zero-order valence-corrected chi connectivity index (χ0v) is 14.6. The molecule has 5 nitrogen and oxygen atoms in total. The van der Waals surface area contributed by atoms with Crippen LogP contribution in [0.1, 0.15) is 16.1 Å². The molecule has 7 heteroatoms. The zero-order valence-electron chi connectivity index (χ0n) is 13.0. The molecule has 0 aliphatic carbocycles. The molecule has 3 aromatic rings. The number of hydrogen-bond donors (Lipinski definition) is 2. The van der Waals surface area contributed by atoms with E-state index in [1.807, 2.05) is 30.3 Å². The van der Waals surface area contributed by atoms with Gasteiger partial charge in [0, 0.05) is 28.5 Å². The molecule has 0 fully saturated rings. The molecule has 3 rings (SSSR count). The Labute approximate surface area is 155 Å². The van der Waals surface area contributed by atoms with Gasteiger partial charge < -0.3 is 10.6 Å². The van der Waals surface area contributed by atoms with E-state index in [9.17, 15) is 4.79 Å². The number of rotatable bonds is 5. The molecular weight excluding hydrogens is 359 g/mol. The van der Waals surface area contributed by atoms with Crippen LogP contribution in [0.5, 0.6) is 0 Å². The van der Waals surface area contributed by atoms with Crippen LogP contribution in [-0.2, 0) is 6.54 Å². The Bertz CT molecular complexity index is 902. The number of aromatic nitrogens is 2. The largest absolute Gasteiger partial charge is 0.347 e. The monoisotopic (exact) mass is 372 g/mol. The number of hydrogen-bond acceptors (Lipinski definition) is 4. The number of amides is 1. The standard InChI is InChI=1S/C18H14Cl2N4O/c19-13-5-3-6-14(10-13)23-18-21-9-8-16(24-18)17(25)22-11-12-4-1-2-7-15(12)20/h1-10H,11H2,(H,22,25)(H,21,23,24). The topological polar surface area (TPSA) is 66.9 Å². The summed E-state index contributed by atoms with van der Waals surface area (Å²) in [6.07, 6.45) is 1.52. The van der Waals surface area contributed by atoms with Crippen molar-refractivity contribution in [3.63, 3.8) is 0 Å². The summed E-state index contributed by atoms with van der Waals surface area (Å²) < 4.78 is 0. The quantitative estimate of drug-likeness (QED) is 0.693. The Morgan fingerprint density at radius 1 is 1.04 bits per heavy atom. The first-order valence-electron chi connectivity index (χ1n) is 7.49. The van der Waals surface area contributed by atoms with Crippen LogP contribution in [-0.4, -0.2) is 15.9 Å². The molecule has 0 bridgehead atoms. The molecule has 0 aliphatic heterocycles. The molecule has 0 atom stereocenters. The van der Waals surface area contributed by atoms with E-state index >= 15 is 0 Å². The summed E-state index contributed by atoms with van der Waals surface area (Å²) >= 11 is 12.0. The third kappa shape index (κ3) is 4.68. The highest BCUT2D eigenvalue weighted by Gasteiger charge is 2.10. The Morgan fingerprint density at radius 2 is 1.88 bits per heavy atom. The second-order valence-electron chi connectivity index (χ2n) is 5.17. The van der Waals surface area contributed by atoms with Gasteiger partial charge in [-0.15, -0.1) is 0 Å². The molecule has 0 saturated carbocycles. The SMILES string of the molecule is O=C(NCc1ccccc1Cl)c1ccnc(Nc2cccc(Cl)c2)n1. The van der Waals surface area contributed by atoms with Gasteiger partial charge in [0.2, 0.25) is 5.95 Å². The minimum absolute atomic E-state index is 0.256. The Hall–Kier alpha value is -2.63. The lowest BCUT2D eigenvalue weighted by atomic mass is 10.2. The number of carbonyl (C=O) groups excluding carboxylic acids is 1. The maximum absolute atomic E-state index is 12.3. The number of benzene rings is 2. The van der Waals surface area contributed by atoms with Crippen molar-refractivity contribution in [3.8, 4) is 0 Å². The van der Waals surface area contributed by atoms with Crippen molar-refractivity contribution in [2.45, 2.75) is 6.54 Å². The van der Waals surface area contributed by atoms with Crippen LogP contribution in [0.15, 0.2) is 60.8 Å². The third-order valence-corrected chi connectivity index (χ3v) is 3.97. The normalized spacial score (nSPS) is 10.3. The summed E-state index contributed by atoms with van der Waals surface area (Å²) in [5.74, 6) is 0.00382. The van der Waals surface area contributed by atoms with Crippen LogP contribution < -0.4 is 10.6 Å². The van der Waals surface area contributed by atoms with Gasteiger partial charge in [-0.2, -0.15) is 0 Å². The van der Waals surface area contributed by atoms with Gasteiger partial charge >= 0.3 is 0 Å². The summed E-state index contributed by atoms with van der Waals surface area (Å²) in [6, 6.07) is 16.0. The van der Waals surface area contributed by atoms with Gasteiger partial charge in [0.25, 0.3) is 5.91 Å². The second-order valence-corrected chi connectivity index (χ2v) is 6.02. The van der Waals surface area contributed by atoms with E-state index in [2.05, 4.69) is 20.6 Å². The van der Waals surface area contributed by atoms with Gasteiger partial charge in [0.05, 0.1) is 0 Å². The number of nitrogens with one attached hydrogen (secondary N) is 2. The molecule has 2 N–H and O–H groups in total. The van der Waals surface area contributed by atoms with Crippen molar-refractivity contribution in [3.05, 3.63) is 82.1 Å². The van der Waals surface area contributed by atoms with Crippen LogP contribution in [0.4, 0.5) is 11.6 Å². The minimum atomic E-state index is -0.309. The van der Waals surface area contributed by atoms with Gasteiger partial charge in [-0.3, -0.25) is 4.79 Å². The smallest absolute Gasteiger partial charge is 0.270 e. The fraction of sp³-hybridized carbons (Fsp3) is 0.0556. The summed E-state index contributed by atoms with van der Waals surface area (Å²) in [5.41, 5.74) is 1.83. The van der Waals surface area contributed by atoms with Gasteiger partial charge in [-0.1, -0.05) is 47.5 Å². The molecular formula is C18H14Cl2N4O. The number of halogens is 2. The molecule has 1 aromatic heterocycles. The lowest BCUT2D eigenvalue weighted by molar-refractivity contribution is 0.0946. The maximum Gasteiger partial charge on any atom is 0.270 e. The molecule has 1 heterocycles. The van der Waals surface area contributed by atoms with Gasteiger partial charge in [0.15, 0.2) is 0 Å². The number of nitrogens with zero attached hydrogens (tertiary/aromatic N) is 2. The van der Waals surface area contributed by atoms with Crippen molar-refractivity contribution >= 4 is 40.7 Å². The highest BCUT2D eigenvalue weighted by molar-refractivity contribution is 6.31. The molecule has 0 unspecified atom stereocenters.